The van der Waals surface area contributed by atoms with Crippen molar-refractivity contribution in [3.63, 3.8) is 0 Å². The van der Waals surface area contributed by atoms with Crippen LogP contribution in [0.4, 0.5) is 29.1 Å². The Labute approximate surface area is 120 Å². The van der Waals surface area contributed by atoms with Crippen molar-refractivity contribution < 1.29 is 4.79 Å². The van der Waals surface area contributed by atoms with Gasteiger partial charge in [-0.1, -0.05) is 0 Å². The maximum Gasteiger partial charge on any atom is 0.224 e. The van der Waals surface area contributed by atoms with Crippen LogP contribution in [0.3, 0.4) is 0 Å². The van der Waals surface area contributed by atoms with E-state index in [2.05, 4.69) is 35.9 Å². The number of nitrogen functional groups attached to an aromatic ring is 1. The number of hydrogen-bond acceptors (Lipinski definition) is 9. The number of anilines is 3. The zero-order valence-corrected chi connectivity index (χ0v) is 11.8. The summed E-state index contributed by atoms with van der Waals surface area (Å²) >= 11 is 0. The molecule has 0 amide bonds. The van der Waals surface area contributed by atoms with E-state index in [-0.39, 0.29) is 5.95 Å². The second-order valence-electron chi connectivity index (χ2n) is 3.99. The third-order valence-electron chi connectivity index (χ3n) is 2.68. The molecule has 2 aromatic rings. The van der Waals surface area contributed by atoms with E-state index in [1.54, 1.807) is 21.1 Å². The van der Waals surface area contributed by atoms with Gasteiger partial charge in [0.25, 0.3) is 0 Å². The van der Waals surface area contributed by atoms with Crippen LogP contribution in [0.1, 0.15) is 10.4 Å². The van der Waals surface area contributed by atoms with Crippen molar-refractivity contribution in [1.82, 2.24) is 19.7 Å². The summed E-state index contributed by atoms with van der Waals surface area (Å²) in [5, 5.41) is 17.8. The fraction of sp³-hybridized carbons (Fsp3) is 0.273. The van der Waals surface area contributed by atoms with Crippen LogP contribution >= 0.6 is 0 Å². The lowest BCUT2D eigenvalue weighted by Gasteiger charge is -2.08. The Hall–Kier alpha value is -3.04. The lowest BCUT2D eigenvalue weighted by molar-refractivity contribution is 0.112. The maximum absolute atomic E-state index is 10.9. The number of aldehydes is 1. The first-order valence-corrected chi connectivity index (χ1v) is 6.02. The standard InChI is InChI=1S/C11H15N9O/c1-13-8-7(9(14-2)17-11(12)16-8)18-19-10-6(5-21)4-15-20(10)3/h4-5H,1-3H3,(H4,12,13,14,16,17)/b19-18+. The minimum Gasteiger partial charge on any atom is -0.371 e. The van der Waals surface area contributed by atoms with Crippen LogP contribution in [0.25, 0.3) is 0 Å². The van der Waals surface area contributed by atoms with E-state index in [9.17, 15) is 4.79 Å². The summed E-state index contributed by atoms with van der Waals surface area (Å²) in [5.41, 5.74) is 6.33. The van der Waals surface area contributed by atoms with Gasteiger partial charge < -0.3 is 16.4 Å². The molecule has 0 aliphatic heterocycles. The molecule has 10 nitrogen and oxygen atoms in total. The summed E-state index contributed by atoms with van der Waals surface area (Å²) in [5.74, 6) is 1.29. The Morgan fingerprint density at radius 1 is 1.24 bits per heavy atom. The molecule has 0 aliphatic carbocycles. The lowest BCUT2D eigenvalue weighted by Crippen LogP contribution is -2.04. The SMILES string of the molecule is CNc1nc(N)nc(NC)c1/N=N/c1c(C=O)cnn1C. The van der Waals surface area contributed by atoms with Gasteiger partial charge in [-0.15, -0.1) is 10.2 Å². The summed E-state index contributed by atoms with van der Waals surface area (Å²) in [7, 11) is 5.03. The molecular weight excluding hydrogens is 274 g/mol. The van der Waals surface area contributed by atoms with Gasteiger partial charge in [-0.2, -0.15) is 15.1 Å². The Morgan fingerprint density at radius 3 is 2.38 bits per heavy atom. The maximum atomic E-state index is 10.9. The van der Waals surface area contributed by atoms with Gasteiger partial charge in [0.15, 0.2) is 29.4 Å². The van der Waals surface area contributed by atoms with Gasteiger partial charge in [-0.05, 0) is 0 Å². The molecule has 0 saturated carbocycles. The molecule has 0 spiro atoms. The fourth-order valence-electron chi connectivity index (χ4n) is 1.67. The number of carbonyl (C=O) groups is 1. The first kappa shape index (κ1) is 14.4. The first-order chi connectivity index (χ1) is 10.1. The minimum absolute atomic E-state index is 0.108. The van der Waals surface area contributed by atoms with E-state index in [0.29, 0.717) is 35.0 Å². The number of aryl methyl sites for hydroxylation is 1. The Bertz CT molecular complexity index is 666. The van der Waals surface area contributed by atoms with Crippen molar-refractivity contribution in [3.05, 3.63) is 11.8 Å². The molecule has 0 unspecified atom stereocenters. The summed E-state index contributed by atoms with van der Waals surface area (Å²) in [6.45, 7) is 0. The Morgan fingerprint density at radius 2 is 1.86 bits per heavy atom. The average molecular weight is 289 g/mol. The minimum atomic E-state index is 0.108. The van der Waals surface area contributed by atoms with Crippen molar-refractivity contribution in [2.75, 3.05) is 30.5 Å². The molecule has 4 N–H and O–H groups in total. The van der Waals surface area contributed by atoms with Gasteiger partial charge in [-0.3, -0.25) is 4.79 Å². The second-order valence-corrected chi connectivity index (χ2v) is 3.99. The van der Waals surface area contributed by atoms with Gasteiger partial charge in [-0.25, -0.2) is 4.68 Å². The number of hydrogen-bond donors (Lipinski definition) is 3. The molecular formula is C11H15N9O. The fourth-order valence-corrected chi connectivity index (χ4v) is 1.67. The van der Waals surface area contributed by atoms with Crippen LogP contribution in [-0.2, 0) is 7.05 Å². The van der Waals surface area contributed by atoms with Crippen molar-refractivity contribution in [3.8, 4) is 0 Å². The molecule has 2 aromatic heterocycles. The molecule has 0 fully saturated rings. The van der Waals surface area contributed by atoms with Gasteiger partial charge >= 0.3 is 0 Å². The third kappa shape index (κ3) is 2.78. The highest BCUT2D eigenvalue weighted by molar-refractivity contribution is 5.81. The van der Waals surface area contributed by atoms with Gasteiger partial charge in [0.2, 0.25) is 5.95 Å². The number of nitrogens with one attached hydrogen (secondary N) is 2. The third-order valence-corrected chi connectivity index (χ3v) is 2.68. The highest BCUT2D eigenvalue weighted by Gasteiger charge is 2.13. The number of azo groups is 1. The molecule has 0 radical (unpaired) electrons. The molecule has 110 valence electrons. The Kier molecular flexibility index (Phi) is 4.07. The van der Waals surface area contributed by atoms with Crippen molar-refractivity contribution in [2.24, 2.45) is 17.3 Å². The molecule has 0 bridgehead atoms. The van der Waals surface area contributed by atoms with Gasteiger partial charge in [0.05, 0.1) is 11.8 Å². The smallest absolute Gasteiger partial charge is 0.224 e. The molecule has 21 heavy (non-hydrogen) atoms. The molecule has 0 saturated heterocycles. The van der Waals surface area contributed by atoms with Crippen LogP contribution < -0.4 is 16.4 Å². The topological polar surface area (TPSA) is 135 Å². The number of carbonyl (C=O) groups excluding carboxylic acids is 1. The lowest BCUT2D eigenvalue weighted by atomic mass is 10.4. The highest BCUT2D eigenvalue weighted by atomic mass is 16.1. The van der Waals surface area contributed by atoms with Crippen molar-refractivity contribution >= 4 is 35.4 Å². The quantitative estimate of drug-likeness (QED) is 0.554. The van der Waals surface area contributed by atoms with E-state index >= 15 is 0 Å². The van der Waals surface area contributed by atoms with Crippen LogP contribution in [0.2, 0.25) is 0 Å². The number of rotatable bonds is 5. The predicted molar refractivity (Wildman–Crippen MR) is 78.3 cm³/mol. The normalized spacial score (nSPS) is 10.8. The van der Waals surface area contributed by atoms with E-state index < -0.39 is 0 Å². The Balaban J connectivity index is 2.49. The summed E-state index contributed by atoms with van der Waals surface area (Å²) in [6.07, 6.45) is 2.08. The van der Waals surface area contributed by atoms with Crippen LogP contribution in [0, 0.1) is 0 Å². The number of nitrogens with two attached hydrogens (primary N) is 1. The van der Waals surface area contributed by atoms with E-state index in [1.165, 1.54) is 10.9 Å². The summed E-state index contributed by atoms with van der Waals surface area (Å²) < 4.78 is 1.45. The summed E-state index contributed by atoms with van der Waals surface area (Å²) in [6, 6.07) is 0. The van der Waals surface area contributed by atoms with Crippen molar-refractivity contribution in [2.45, 2.75) is 0 Å². The highest BCUT2D eigenvalue weighted by Crippen LogP contribution is 2.32. The number of nitrogens with zero attached hydrogens (tertiary/aromatic N) is 6. The molecule has 2 heterocycles. The average Bonchev–Trinajstić information content (AvgIpc) is 2.85. The molecule has 0 aliphatic rings. The monoisotopic (exact) mass is 289 g/mol. The molecule has 0 atom stereocenters. The molecule has 0 aromatic carbocycles. The predicted octanol–water partition coefficient (Wildman–Crippen LogP) is 1.10. The van der Waals surface area contributed by atoms with E-state index in [1.807, 2.05) is 0 Å². The van der Waals surface area contributed by atoms with E-state index in [4.69, 9.17) is 5.73 Å². The molecule has 10 heteroatoms. The summed E-state index contributed by atoms with van der Waals surface area (Å²) in [4.78, 5) is 19.0. The van der Waals surface area contributed by atoms with Gasteiger partial charge in [0, 0.05) is 21.1 Å². The van der Waals surface area contributed by atoms with Crippen LogP contribution in [-0.4, -0.2) is 40.1 Å². The van der Waals surface area contributed by atoms with Crippen LogP contribution in [0.5, 0.6) is 0 Å². The van der Waals surface area contributed by atoms with E-state index in [0.717, 1.165) is 0 Å². The zero-order valence-electron chi connectivity index (χ0n) is 11.8. The molecule has 2 rings (SSSR count). The van der Waals surface area contributed by atoms with Crippen molar-refractivity contribution in [1.29, 1.82) is 0 Å². The largest absolute Gasteiger partial charge is 0.371 e. The zero-order chi connectivity index (χ0) is 15.4. The second kappa shape index (κ2) is 5.94. The van der Waals surface area contributed by atoms with Gasteiger partial charge in [0.1, 0.15) is 0 Å². The first-order valence-electron chi connectivity index (χ1n) is 6.02. The number of aromatic nitrogens is 4. The van der Waals surface area contributed by atoms with Crippen LogP contribution in [0.15, 0.2) is 16.4 Å².